The number of carbonyl (C=O) groups excluding carboxylic acids is 1. The van der Waals surface area contributed by atoms with Gasteiger partial charge in [-0.1, -0.05) is 6.07 Å². The molecule has 0 radical (unpaired) electrons. The number of amides is 2. The Morgan fingerprint density at radius 2 is 2.12 bits per heavy atom. The number of nitrogens with one attached hydrogen (secondary N) is 2. The molecule has 0 aliphatic carbocycles. The molecule has 0 saturated heterocycles. The SMILES string of the molecule is Cc1cc(C)c2[nH]c(=O)c(NC(N)=O)nc2c1. The Bertz CT molecular complexity index is 660. The molecule has 0 bridgehead atoms. The lowest BCUT2D eigenvalue weighted by Crippen LogP contribution is -2.25. The third-order valence-electron chi connectivity index (χ3n) is 2.39. The molecule has 1 heterocycles. The maximum Gasteiger partial charge on any atom is 0.317 e. The first-order valence-electron chi connectivity index (χ1n) is 5.05. The summed E-state index contributed by atoms with van der Waals surface area (Å²) in [5.74, 6) is -0.0880. The van der Waals surface area contributed by atoms with Crippen LogP contribution in [0.5, 0.6) is 0 Å². The van der Waals surface area contributed by atoms with E-state index in [9.17, 15) is 9.59 Å². The molecule has 1 aromatic heterocycles. The molecule has 6 heteroatoms. The van der Waals surface area contributed by atoms with Crippen molar-refractivity contribution in [3.8, 4) is 0 Å². The van der Waals surface area contributed by atoms with E-state index in [1.165, 1.54) is 0 Å². The van der Waals surface area contributed by atoms with E-state index in [1.54, 1.807) is 0 Å². The van der Waals surface area contributed by atoms with Gasteiger partial charge in [0, 0.05) is 0 Å². The number of urea groups is 1. The summed E-state index contributed by atoms with van der Waals surface area (Å²) in [6, 6.07) is 2.96. The monoisotopic (exact) mass is 232 g/mol. The minimum absolute atomic E-state index is 0.0880. The number of fused-ring (bicyclic) bond motifs is 1. The lowest BCUT2D eigenvalue weighted by molar-refractivity contribution is 0.259. The van der Waals surface area contributed by atoms with Crippen LogP contribution in [0.3, 0.4) is 0 Å². The number of aromatic amines is 1. The van der Waals surface area contributed by atoms with Gasteiger partial charge in [0.05, 0.1) is 11.0 Å². The van der Waals surface area contributed by atoms with Gasteiger partial charge in [-0.25, -0.2) is 9.78 Å². The maximum atomic E-state index is 11.6. The van der Waals surface area contributed by atoms with Crippen molar-refractivity contribution in [1.29, 1.82) is 0 Å². The highest BCUT2D eigenvalue weighted by molar-refractivity contribution is 5.88. The summed E-state index contributed by atoms with van der Waals surface area (Å²) in [7, 11) is 0. The van der Waals surface area contributed by atoms with E-state index in [1.807, 2.05) is 26.0 Å². The molecule has 88 valence electrons. The van der Waals surface area contributed by atoms with Crippen molar-refractivity contribution in [3.05, 3.63) is 33.6 Å². The first-order valence-corrected chi connectivity index (χ1v) is 5.05. The van der Waals surface area contributed by atoms with Crippen molar-refractivity contribution in [1.82, 2.24) is 9.97 Å². The number of hydrogen-bond acceptors (Lipinski definition) is 3. The molecule has 6 nitrogen and oxygen atoms in total. The van der Waals surface area contributed by atoms with Crippen LogP contribution in [0.1, 0.15) is 11.1 Å². The molecule has 0 unspecified atom stereocenters. The number of H-pyrrole nitrogens is 1. The Balaban J connectivity index is 2.71. The first-order chi connectivity index (χ1) is 7.97. The average Bonchev–Trinajstić information content (AvgIpc) is 2.20. The number of aromatic nitrogens is 2. The van der Waals surface area contributed by atoms with E-state index in [4.69, 9.17) is 5.73 Å². The van der Waals surface area contributed by atoms with Gasteiger partial charge < -0.3 is 10.7 Å². The number of benzene rings is 1. The minimum atomic E-state index is -0.813. The summed E-state index contributed by atoms with van der Waals surface area (Å²) in [6.45, 7) is 3.81. The highest BCUT2D eigenvalue weighted by Crippen LogP contribution is 2.16. The Morgan fingerprint density at radius 3 is 2.76 bits per heavy atom. The topological polar surface area (TPSA) is 101 Å². The van der Waals surface area contributed by atoms with Gasteiger partial charge in [0.15, 0.2) is 0 Å². The quantitative estimate of drug-likeness (QED) is 0.684. The van der Waals surface area contributed by atoms with Crippen LogP contribution in [0, 0.1) is 13.8 Å². The van der Waals surface area contributed by atoms with Gasteiger partial charge in [-0.15, -0.1) is 0 Å². The largest absolute Gasteiger partial charge is 0.351 e. The smallest absolute Gasteiger partial charge is 0.317 e. The third kappa shape index (κ3) is 2.10. The fourth-order valence-corrected chi connectivity index (χ4v) is 1.74. The zero-order valence-electron chi connectivity index (χ0n) is 9.50. The van der Waals surface area contributed by atoms with E-state index in [0.717, 1.165) is 11.1 Å². The number of carbonyl (C=O) groups is 1. The van der Waals surface area contributed by atoms with E-state index in [-0.39, 0.29) is 5.82 Å². The van der Waals surface area contributed by atoms with Gasteiger partial charge in [-0.2, -0.15) is 0 Å². The van der Waals surface area contributed by atoms with Crippen LogP contribution in [0.4, 0.5) is 10.6 Å². The number of nitrogens with two attached hydrogens (primary N) is 1. The van der Waals surface area contributed by atoms with E-state index in [0.29, 0.717) is 11.0 Å². The molecule has 17 heavy (non-hydrogen) atoms. The van der Waals surface area contributed by atoms with Crippen molar-refractivity contribution in [2.45, 2.75) is 13.8 Å². The van der Waals surface area contributed by atoms with Gasteiger partial charge in [0.1, 0.15) is 0 Å². The fourth-order valence-electron chi connectivity index (χ4n) is 1.74. The molecule has 1 aromatic carbocycles. The summed E-state index contributed by atoms with van der Waals surface area (Å²) in [5, 5.41) is 2.19. The van der Waals surface area contributed by atoms with Crippen molar-refractivity contribution >= 4 is 22.9 Å². The van der Waals surface area contributed by atoms with E-state index in [2.05, 4.69) is 15.3 Å². The number of primary amides is 1. The third-order valence-corrected chi connectivity index (χ3v) is 2.39. The van der Waals surface area contributed by atoms with Gasteiger partial charge >= 0.3 is 6.03 Å². The van der Waals surface area contributed by atoms with Gasteiger partial charge in [-0.3, -0.25) is 10.1 Å². The fraction of sp³-hybridized carbons (Fsp3) is 0.182. The highest BCUT2D eigenvalue weighted by Gasteiger charge is 2.08. The molecule has 0 saturated carbocycles. The van der Waals surface area contributed by atoms with Crippen molar-refractivity contribution in [2.24, 2.45) is 5.73 Å². The van der Waals surface area contributed by atoms with Crippen LogP contribution in [-0.2, 0) is 0 Å². The molecular weight excluding hydrogens is 220 g/mol. The van der Waals surface area contributed by atoms with E-state index >= 15 is 0 Å². The lowest BCUT2D eigenvalue weighted by atomic mass is 10.1. The predicted octanol–water partition coefficient (Wildman–Crippen LogP) is 1.03. The van der Waals surface area contributed by atoms with Crippen molar-refractivity contribution in [3.63, 3.8) is 0 Å². The zero-order valence-corrected chi connectivity index (χ0v) is 9.50. The highest BCUT2D eigenvalue weighted by atomic mass is 16.2. The summed E-state index contributed by atoms with van der Waals surface area (Å²) in [4.78, 5) is 29.1. The molecule has 2 aromatic rings. The number of anilines is 1. The van der Waals surface area contributed by atoms with Crippen LogP contribution in [0.15, 0.2) is 16.9 Å². The molecule has 0 aliphatic rings. The second-order valence-electron chi connectivity index (χ2n) is 3.88. The standard InChI is InChI=1S/C11H12N4O2/c1-5-3-6(2)8-7(4-5)13-9(10(16)14-8)15-11(12)17/h3-4H,1-2H3,(H,14,16)(H3,12,13,15,17). The van der Waals surface area contributed by atoms with Gasteiger partial charge in [0.2, 0.25) is 5.82 Å². The Morgan fingerprint density at radius 1 is 1.41 bits per heavy atom. The number of rotatable bonds is 1. The number of hydrogen-bond donors (Lipinski definition) is 3. The molecule has 2 rings (SSSR count). The van der Waals surface area contributed by atoms with Crippen LogP contribution >= 0.6 is 0 Å². The molecule has 4 N–H and O–H groups in total. The molecule has 0 spiro atoms. The second-order valence-corrected chi connectivity index (χ2v) is 3.88. The summed E-state index contributed by atoms with van der Waals surface area (Å²) in [6.07, 6.45) is 0. The van der Waals surface area contributed by atoms with E-state index < -0.39 is 11.6 Å². The Kier molecular flexibility index (Phi) is 2.55. The second kappa shape index (κ2) is 3.89. The normalized spacial score (nSPS) is 10.5. The molecule has 2 amide bonds. The number of aryl methyl sites for hydroxylation is 2. The zero-order chi connectivity index (χ0) is 12.6. The Labute approximate surface area is 96.9 Å². The first kappa shape index (κ1) is 11.1. The van der Waals surface area contributed by atoms with Crippen LogP contribution in [0.2, 0.25) is 0 Å². The summed E-state index contributed by atoms with van der Waals surface area (Å²) >= 11 is 0. The molecule has 0 aliphatic heterocycles. The van der Waals surface area contributed by atoms with Crippen LogP contribution in [-0.4, -0.2) is 16.0 Å². The maximum absolute atomic E-state index is 11.6. The van der Waals surface area contributed by atoms with Gasteiger partial charge in [0.25, 0.3) is 5.56 Å². The summed E-state index contributed by atoms with van der Waals surface area (Å²) in [5.41, 5.74) is 7.72. The lowest BCUT2D eigenvalue weighted by Gasteiger charge is -2.05. The minimum Gasteiger partial charge on any atom is -0.351 e. The van der Waals surface area contributed by atoms with Crippen molar-refractivity contribution < 1.29 is 4.79 Å². The predicted molar refractivity (Wildman–Crippen MR) is 65.0 cm³/mol. The number of nitrogens with zero attached hydrogens (tertiary/aromatic N) is 1. The van der Waals surface area contributed by atoms with Crippen molar-refractivity contribution in [2.75, 3.05) is 5.32 Å². The summed E-state index contributed by atoms with van der Waals surface area (Å²) < 4.78 is 0. The van der Waals surface area contributed by atoms with Gasteiger partial charge in [-0.05, 0) is 31.0 Å². The molecule has 0 atom stereocenters. The molecule has 0 fully saturated rings. The average molecular weight is 232 g/mol. The van der Waals surface area contributed by atoms with Crippen LogP contribution in [0.25, 0.3) is 11.0 Å². The Hall–Kier alpha value is -2.37. The molecular formula is C11H12N4O2. The van der Waals surface area contributed by atoms with Crippen LogP contribution < -0.4 is 16.6 Å².